The lowest BCUT2D eigenvalue weighted by Crippen LogP contribution is -2.27. The van der Waals surface area contributed by atoms with Gasteiger partial charge in [-0.05, 0) is 32.8 Å². The van der Waals surface area contributed by atoms with Gasteiger partial charge in [0.1, 0.15) is 0 Å². The second-order valence-electron chi connectivity index (χ2n) is 3.57. The lowest BCUT2D eigenvalue weighted by molar-refractivity contribution is 0.508. The largest absolute Gasteiger partial charge is 0.198 e. The highest BCUT2D eigenvalue weighted by molar-refractivity contribution is 8.32. The van der Waals surface area contributed by atoms with E-state index in [1.807, 2.05) is 35.3 Å². The van der Waals surface area contributed by atoms with Crippen LogP contribution in [0.15, 0.2) is 0 Å². The summed E-state index contributed by atoms with van der Waals surface area (Å²) >= 11 is 5.61. The summed E-state index contributed by atoms with van der Waals surface area (Å²) in [4.78, 5) is 0. The summed E-state index contributed by atoms with van der Waals surface area (Å²) in [6.45, 7) is 6.44. The number of nitriles is 1. The van der Waals surface area contributed by atoms with Crippen LogP contribution < -0.4 is 0 Å². The Morgan fingerprint density at radius 1 is 1.29 bits per heavy atom. The number of nitrogens with zero attached hydrogens (tertiary/aromatic N) is 1. The Kier molecular flexibility index (Phi) is 7.19. The maximum atomic E-state index is 9.04. The van der Waals surface area contributed by atoms with Crippen LogP contribution in [0.3, 0.4) is 0 Å². The minimum absolute atomic E-state index is 0.0557. The summed E-state index contributed by atoms with van der Waals surface area (Å²) in [7, 11) is 0. The van der Waals surface area contributed by atoms with Gasteiger partial charge in [0.25, 0.3) is 0 Å². The van der Waals surface area contributed by atoms with Crippen molar-refractivity contribution in [3.8, 4) is 6.07 Å². The SMILES string of the molecule is CCC(C#N)C(C)(C)SC(SC)SC. The molecule has 0 saturated carbocycles. The molecule has 14 heavy (non-hydrogen) atoms. The third-order valence-electron chi connectivity index (χ3n) is 2.19. The lowest BCUT2D eigenvalue weighted by atomic mass is 9.94. The third kappa shape index (κ3) is 4.37. The van der Waals surface area contributed by atoms with Crippen molar-refractivity contribution in [2.24, 2.45) is 5.92 Å². The van der Waals surface area contributed by atoms with Crippen molar-refractivity contribution >= 4 is 35.3 Å². The van der Waals surface area contributed by atoms with Crippen LogP contribution >= 0.6 is 35.3 Å². The number of hydrogen-bond donors (Lipinski definition) is 0. The molecule has 0 heterocycles. The molecule has 0 aromatic rings. The number of thioether (sulfide) groups is 3. The Morgan fingerprint density at radius 2 is 1.79 bits per heavy atom. The van der Waals surface area contributed by atoms with E-state index in [9.17, 15) is 0 Å². The molecule has 0 radical (unpaired) electrons. The Bertz CT molecular complexity index is 194. The van der Waals surface area contributed by atoms with Gasteiger partial charge in [0.05, 0.1) is 15.9 Å². The van der Waals surface area contributed by atoms with Gasteiger partial charge in [-0.1, -0.05) is 6.92 Å². The molecule has 82 valence electrons. The van der Waals surface area contributed by atoms with Gasteiger partial charge >= 0.3 is 0 Å². The fraction of sp³-hybridized carbons (Fsp3) is 0.900. The van der Waals surface area contributed by atoms with Crippen LogP contribution in [0.4, 0.5) is 0 Å². The second kappa shape index (κ2) is 6.92. The average molecular weight is 249 g/mol. The monoisotopic (exact) mass is 249 g/mol. The lowest BCUT2D eigenvalue weighted by Gasteiger charge is -2.31. The van der Waals surface area contributed by atoms with Gasteiger partial charge in [-0.15, -0.1) is 35.3 Å². The molecule has 0 spiro atoms. The van der Waals surface area contributed by atoms with Crippen LogP contribution in [0.25, 0.3) is 0 Å². The van der Waals surface area contributed by atoms with Crippen molar-refractivity contribution in [2.75, 3.05) is 12.5 Å². The first-order valence-electron chi connectivity index (χ1n) is 4.64. The maximum Gasteiger partial charge on any atom is 0.0956 e. The topological polar surface area (TPSA) is 23.8 Å². The molecular weight excluding hydrogens is 230 g/mol. The number of hydrogen-bond acceptors (Lipinski definition) is 4. The molecule has 0 rings (SSSR count). The highest BCUT2D eigenvalue weighted by Gasteiger charge is 2.31. The minimum Gasteiger partial charge on any atom is -0.198 e. The highest BCUT2D eigenvalue weighted by atomic mass is 32.3. The van der Waals surface area contributed by atoms with Gasteiger partial charge in [-0.3, -0.25) is 0 Å². The third-order valence-corrected chi connectivity index (χ3v) is 6.93. The summed E-state index contributed by atoms with van der Waals surface area (Å²) < 4.78 is 0.590. The molecule has 1 unspecified atom stereocenters. The quantitative estimate of drug-likeness (QED) is 0.663. The molecule has 0 amide bonds. The van der Waals surface area contributed by atoms with E-state index < -0.39 is 0 Å². The molecule has 0 aromatic carbocycles. The predicted octanol–water partition coefficient (Wildman–Crippen LogP) is 4.06. The second-order valence-corrected chi connectivity index (χ2v) is 8.11. The molecular formula is C10H19NS3. The summed E-state index contributed by atoms with van der Waals surface area (Å²) in [6.07, 6.45) is 5.18. The van der Waals surface area contributed by atoms with E-state index in [1.165, 1.54) is 0 Å². The van der Waals surface area contributed by atoms with Gasteiger partial charge in [0, 0.05) is 4.75 Å². The Balaban J connectivity index is 4.38. The zero-order chi connectivity index (χ0) is 11.2. The average Bonchev–Trinajstić information content (AvgIpc) is 2.15. The van der Waals surface area contributed by atoms with Crippen molar-refractivity contribution in [3.05, 3.63) is 0 Å². The van der Waals surface area contributed by atoms with E-state index in [2.05, 4.69) is 39.4 Å². The Hall–Kier alpha value is 0.540. The molecule has 0 fully saturated rings. The highest BCUT2D eigenvalue weighted by Crippen LogP contribution is 2.43. The van der Waals surface area contributed by atoms with Gasteiger partial charge in [0.2, 0.25) is 0 Å². The molecule has 4 heteroatoms. The zero-order valence-electron chi connectivity index (χ0n) is 9.53. The van der Waals surface area contributed by atoms with Crippen molar-refractivity contribution < 1.29 is 0 Å². The van der Waals surface area contributed by atoms with E-state index in [-0.39, 0.29) is 10.7 Å². The van der Waals surface area contributed by atoms with E-state index >= 15 is 0 Å². The first-order valence-corrected chi connectivity index (χ1v) is 8.10. The molecule has 1 atom stereocenters. The first-order chi connectivity index (χ1) is 6.51. The van der Waals surface area contributed by atoms with Gasteiger partial charge < -0.3 is 0 Å². The van der Waals surface area contributed by atoms with Crippen molar-refractivity contribution in [2.45, 2.75) is 35.9 Å². The van der Waals surface area contributed by atoms with Gasteiger partial charge in [-0.25, -0.2) is 0 Å². The van der Waals surface area contributed by atoms with Gasteiger partial charge in [-0.2, -0.15) is 5.26 Å². The fourth-order valence-electron chi connectivity index (χ4n) is 1.26. The van der Waals surface area contributed by atoms with Gasteiger partial charge in [0.15, 0.2) is 0 Å². The Labute approximate surface area is 101 Å². The molecule has 0 N–H and O–H groups in total. The molecule has 0 aliphatic heterocycles. The fourth-order valence-corrected chi connectivity index (χ4v) is 5.17. The molecule has 0 bridgehead atoms. The zero-order valence-corrected chi connectivity index (χ0v) is 12.0. The van der Waals surface area contributed by atoms with E-state index in [4.69, 9.17) is 5.26 Å². The summed E-state index contributed by atoms with van der Waals surface area (Å²) in [5.41, 5.74) is 0. The maximum absolute atomic E-state index is 9.04. The van der Waals surface area contributed by atoms with E-state index in [0.717, 1.165) is 6.42 Å². The van der Waals surface area contributed by atoms with Crippen LogP contribution in [0.2, 0.25) is 0 Å². The van der Waals surface area contributed by atoms with Crippen molar-refractivity contribution in [1.82, 2.24) is 0 Å². The van der Waals surface area contributed by atoms with Crippen molar-refractivity contribution in [1.29, 1.82) is 5.26 Å². The first kappa shape index (κ1) is 14.5. The van der Waals surface area contributed by atoms with E-state index in [0.29, 0.717) is 3.91 Å². The standard InChI is InChI=1S/C10H19NS3/c1-6-8(7-11)10(2,3)14-9(12-4)13-5/h8-9H,6H2,1-5H3. The Morgan fingerprint density at radius 3 is 2.07 bits per heavy atom. The summed E-state index contributed by atoms with van der Waals surface area (Å²) in [5.74, 6) is 0.147. The molecule has 0 saturated heterocycles. The van der Waals surface area contributed by atoms with Crippen molar-refractivity contribution in [3.63, 3.8) is 0 Å². The molecule has 1 nitrogen and oxygen atoms in total. The normalized spacial score (nSPS) is 14.1. The van der Waals surface area contributed by atoms with Crippen LogP contribution in [0, 0.1) is 17.2 Å². The smallest absolute Gasteiger partial charge is 0.0956 e. The van der Waals surface area contributed by atoms with Crippen LogP contribution in [-0.4, -0.2) is 21.2 Å². The van der Waals surface area contributed by atoms with E-state index in [1.54, 1.807) is 0 Å². The van der Waals surface area contributed by atoms with Crippen LogP contribution in [0.5, 0.6) is 0 Å². The molecule has 0 aliphatic carbocycles. The molecule has 0 aromatic heterocycles. The molecule has 0 aliphatic rings. The summed E-state index contributed by atoms with van der Waals surface area (Å²) in [6, 6.07) is 2.41. The van der Waals surface area contributed by atoms with Crippen LogP contribution in [-0.2, 0) is 0 Å². The minimum atomic E-state index is 0.0557. The van der Waals surface area contributed by atoms with Crippen LogP contribution in [0.1, 0.15) is 27.2 Å². The predicted molar refractivity (Wildman–Crippen MR) is 71.9 cm³/mol. The number of rotatable bonds is 6. The summed E-state index contributed by atoms with van der Waals surface area (Å²) in [5, 5.41) is 9.04.